The van der Waals surface area contributed by atoms with E-state index in [4.69, 9.17) is 0 Å². The molecule has 0 radical (unpaired) electrons. The van der Waals surface area contributed by atoms with E-state index in [-0.39, 0.29) is 17.4 Å². The Morgan fingerprint density at radius 3 is 2.48 bits per heavy atom. The number of carbonyl (C=O) groups excluding carboxylic acids is 2. The molecule has 2 aliphatic heterocycles. The summed E-state index contributed by atoms with van der Waals surface area (Å²) in [5, 5.41) is 1.94. The molecule has 4 nitrogen and oxygen atoms in total. The van der Waals surface area contributed by atoms with Crippen molar-refractivity contribution in [1.82, 2.24) is 9.80 Å². The second-order valence-corrected chi connectivity index (χ2v) is 7.91. The predicted molar refractivity (Wildman–Crippen MR) is 98.4 cm³/mol. The molecule has 0 atom stereocenters. The summed E-state index contributed by atoms with van der Waals surface area (Å²) >= 11 is 1.50. The fourth-order valence-electron chi connectivity index (χ4n) is 4.10. The molecule has 0 unspecified atom stereocenters. The average molecular weight is 354 g/mol. The maximum absolute atomic E-state index is 12.6. The third-order valence-electron chi connectivity index (χ3n) is 5.57. The van der Waals surface area contributed by atoms with Crippen LogP contribution in [0, 0.1) is 0 Å². The van der Waals surface area contributed by atoms with Crippen LogP contribution >= 0.6 is 11.3 Å². The van der Waals surface area contributed by atoms with Gasteiger partial charge in [-0.15, -0.1) is 11.3 Å². The van der Waals surface area contributed by atoms with Crippen LogP contribution in [0.25, 0.3) is 0 Å². The minimum atomic E-state index is -0.0703. The van der Waals surface area contributed by atoms with Gasteiger partial charge in [-0.25, -0.2) is 0 Å². The molecule has 25 heavy (non-hydrogen) atoms. The third kappa shape index (κ3) is 3.09. The van der Waals surface area contributed by atoms with E-state index in [1.807, 2.05) is 40.6 Å². The van der Waals surface area contributed by atoms with Gasteiger partial charge in [0.25, 0.3) is 5.91 Å². The molecule has 0 N–H and O–H groups in total. The first-order chi connectivity index (χ1) is 12.2. The van der Waals surface area contributed by atoms with Gasteiger partial charge in [-0.1, -0.05) is 36.4 Å². The van der Waals surface area contributed by atoms with Crippen molar-refractivity contribution in [2.75, 3.05) is 13.1 Å². The van der Waals surface area contributed by atoms with Gasteiger partial charge in [0.2, 0.25) is 5.91 Å². The van der Waals surface area contributed by atoms with Crippen LogP contribution in [0.2, 0.25) is 0 Å². The Bertz CT molecular complexity index is 749. The largest absolute Gasteiger partial charge is 0.338 e. The molecule has 5 heteroatoms. The summed E-state index contributed by atoms with van der Waals surface area (Å²) in [6.07, 6.45) is 3.30. The number of hydrogen-bond acceptors (Lipinski definition) is 3. The van der Waals surface area contributed by atoms with E-state index in [2.05, 4.69) is 17.0 Å². The lowest BCUT2D eigenvalue weighted by atomic mass is 9.84. The van der Waals surface area contributed by atoms with Crippen molar-refractivity contribution >= 4 is 23.2 Å². The van der Waals surface area contributed by atoms with E-state index in [1.54, 1.807) is 0 Å². The molecule has 130 valence electrons. The summed E-state index contributed by atoms with van der Waals surface area (Å²) in [7, 11) is 0. The quantitative estimate of drug-likeness (QED) is 0.846. The van der Waals surface area contributed by atoms with E-state index in [9.17, 15) is 9.59 Å². The first-order valence-electron chi connectivity index (χ1n) is 8.85. The van der Waals surface area contributed by atoms with E-state index in [0.29, 0.717) is 13.0 Å². The minimum absolute atomic E-state index is 0.0703. The lowest BCUT2D eigenvalue weighted by Gasteiger charge is -2.45. The molecule has 1 spiro atoms. The number of rotatable bonds is 3. The Kier molecular flexibility index (Phi) is 4.34. The Balaban J connectivity index is 1.47. The molecule has 2 saturated heterocycles. The van der Waals surface area contributed by atoms with Crippen LogP contribution in [0.4, 0.5) is 0 Å². The third-order valence-corrected chi connectivity index (χ3v) is 6.43. The normalized spacial score (nSPS) is 19.6. The van der Waals surface area contributed by atoms with Crippen LogP contribution < -0.4 is 0 Å². The van der Waals surface area contributed by atoms with Gasteiger partial charge in [0.1, 0.15) is 0 Å². The van der Waals surface area contributed by atoms with Crippen molar-refractivity contribution in [1.29, 1.82) is 0 Å². The predicted octanol–water partition coefficient (Wildman–Crippen LogP) is 3.55. The van der Waals surface area contributed by atoms with Crippen molar-refractivity contribution in [2.45, 2.75) is 37.8 Å². The van der Waals surface area contributed by atoms with Gasteiger partial charge in [0.15, 0.2) is 0 Å². The smallest absolute Gasteiger partial charge is 0.263 e. The summed E-state index contributed by atoms with van der Waals surface area (Å²) in [6, 6.07) is 14.0. The van der Waals surface area contributed by atoms with Gasteiger partial charge in [0.05, 0.1) is 4.88 Å². The zero-order valence-electron chi connectivity index (χ0n) is 14.2. The monoisotopic (exact) mass is 354 g/mol. The van der Waals surface area contributed by atoms with Gasteiger partial charge in [-0.05, 0) is 36.3 Å². The van der Waals surface area contributed by atoms with Gasteiger partial charge < -0.3 is 9.80 Å². The molecule has 2 fully saturated rings. The fourth-order valence-corrected chi connectivity index (χ4v) is 4.79. The van der Waals surface area contributed by atoms with Crippen LogP contribution in [-0.4, -0.2) is 40.2 Å². The van der Waals surface area contributed by atoms with E-state index in [0.717, 1.165) is 37.2 Å². The van der Waals surface area contributed by atoms with Crippen LogP contribution in [-0.2, 0) is 11.3 Å². The van der Waals surface area contributed by atoms with Crippen LogP contribution in [0.3, 0.4) is 0 Å². The molecular formula is C20H22N2O2S. The topological polar surface area (TPSA) is 40.6 Å². The van der Waals surface area contributed by atoms with Gasteiger partial charge >= 0.3 is 0 Å². The summed E-state index contributed by atoms with van der Waals surface area (Å²) in [6.45, 7) is 2.14. The summed E-state index contributed by atoms with van der Waals surface area (Å²) in [5.41, 5.74) is 1.10. The molecule has 2 aromatic rings. The van der Waals surface area contributed by atoms with Crippen LogP contribution in [0.5, 0.6) is 0 Å². The molecule has 3 heterocycles. The molecule has 4 rings (SSSR count). The summed E-state index contributed by atoms with van der Waals surface area (Å²) in [4.78, 5) is 29.9. The summed E-state index contributed by atoms with van der Waals surface area (Å²) < 4.78 is 0. The first kappa shape index (κ1) is 16.3. The highest BCUT2D eigenvalue weighted by atomic mass is 32.1. The molecule has 2 amide bonds. The van der Waals surface area contributed by atoms with Gasteiger partial charge in [-0.2, -0.15) is 0 Å². The molecule has 1 aromatic carbocycles. The number of hydrogen-bond donors (Lipinski definition) is 0. The molecular weight excluding hydrogens is 332 g/mol. The molecule has 0 bridgehead atoms. The van der Waals surface area contributed by atoms with Crippen LogP contribution in [0.1, 0.15) is 40.9 Å². The molecule has 0 aliphatic carbocycles. The standard InChI is InChI=1S/C20H22N2O2S/c23-18-8-9-20(22(18)15-16-5-2-1-3-6-16)10-12-21(13-11-20)19(24)17-7-4-14-25-17/h1-7,14H,8-13,15H2. The zero-order valence-corrected chi connectivity index (χ0v) is 15.0. The number of likely N-dealkylation sites (tertiary alicyclic amines) is 2. The van der Waals surface area contributed by atoms with Crippen molar-refractivity contribution in [3.8, 4) is 0 Å². The lowest BCUT2D eigenvalue weighted by Crippen LogP contribution is -2.53. The number of nitrogens with zero attached hydrogens (tertiary/aromatic N) is 2. The molecule has 1 aromatic heterocycles. The number of benzene rings is 1. The SMILES string of the molecule is O=C(c1cccs1)N1CCC2(CCC(=O)N2Cc2ccccc2)CC1. The highest BCUT2D eigenvalue weighted by Gasteiger charge is 2.47. The Morgan fingerprint density at radius 1 is 1.04 bits per heavy atom. The Labute approximate surface area is 152 Å². The van der Waals surface area contributed by atoms with E-state index >= 15 is 0 Å². The lowest BCUT2D eigenvalue weighted by molar-refractivity contribution is -0.133. The second-order valence-electron chi connectivity index (χ2n) is 6.96. The van der Waals surface area contributed by atoms with Crippen LogP contribution in [0.15, 0.2) is 47.8 Å². The number of thiophene rings is 1. The number of carbonyl (C=O) groups is 2. The molecule has 0 saturated carbocycles. The second kappa shape index (κ2) is 6.64. The van der Waals surface area contributed by atoms with Gasteiger partial charge in [-0.3, -0.25) is 9.59 Å². The first-order valence-corrected chi connectivity index (χ1v) is 9.73. The van der Waals surface area contributed by atoms with E-state index < -0.39 is 0 Å². The summed E-state index contributed by atoms with van der Waals surface area (Å²) in [5.74, 6) is 0.380. The maximum atomic E-state index is 12.6. The number of amides is 2. The Morgan fingerprint density at radius 2 is 1.80 bits per heavy atom. The molecule has 2 aliphatic rings. The van der Waals surface area contributed by atoms with Gasteiger partial charge in [0, 0.05) is 31.6 Å². The van der Waals surface area contributed by atoms with Crippen molar-refractivity contribution in [2.24, 2.45) is 0 Å². The maximum Gasteiger partial charge on any atom is 0.263 e. The Hall–Kier alpha value is -2.14. The minimum Gasteiger partial charge on any atom is -0.338 e. The highest BCUT2D eigenvalue weighted by molar-refractivity contribution is 7.12. The highest BCUT2D eigenvalue weighted by Crippen LogP contribution is 2.40. The zero-order chi connectivity index (χ0) is 17.3. The van der Waals surface area contributed by atoms with Crippen molar-refractivity contribution < 1.29 is 9.59 Å². The van der Waals surface area contributed by atoms with E-state index in [1.165, 1.54) is 16.9 Å². The van der Waals surface area contributed by atoms with Crippen molar-refractivity contribution in [3.63, 3.8) is 0 Å². The fraction of sp³-hybridized carbons (Fsp3) is 0.400. The average Bonchev–Trinajstić information content (AvgIpc) is 3.28. The number of piperidine rings is 1. The van der Waals surface area contributed by atoms with Crippen molar-refractivity contribution in [3.05, 3.63) is 58.3 Å².